The van der Waals surface area contributed by atoms with Gasteiger partial charge in [-0.15, -0.1) is 0 Å². The quantitative estimate of drug-likeness (QED) is 0.792. The molecule has 2 atom stereocenters. The predicted octanol–water partition coefficient (Wildman–Crippen LogP) is 4.24. The summed E-state index contributed by atoms with van der Waals surface area (Å²) in [6.45, 7) is 0. The summed E-state index contributed by atoms with van der Waals surface area (Å²) < 4.78 is 15.0. The molecule has 2 unspecified atom stereocenters. The Morgan fingerprint density at radius 2 is 2.31 bits per heavy atom. The maximum absolute atomic E-state index is 14.7. The summed E-state index contributed by atoms with van der Waals surface area (Å²) in [5.41, 5.74) is 6.35. The second-order valence-corrected chi connectivity index (χ2v) is 9.05. The lowest BCUT2D eigenvalue weighted by atomic mass is 9.81. The first kappa shape index (κ1) is 17.8. The monoisotopic (exact) mass is 410 g/mol. The van der Waals surface area contributed by atoms with Crippen LogP contribution in [-0.2, 0) is 5.54 Å². The zero-order valence-corrected chi connectivity index (χ0v) is 16.1. The zero-order chi connectivity index (χ0) is 18.3. The van der Waals surface area contributed by atoms with Gasteiger partial charge < -0.3 is 11.1 Å². The molecule has 1 aliphatic heterocycles. The largest absolute Gasteiger partial charge is 0.379 e. The van der Waals surface area contributed by atoms with Gasteiger partial charge in [-0.2, -0.15) is 0 Å². The topological polar surface area (TPSA) is 80.4 Å². The van der Waals surface area contributed by atoms with Crippen molar-refractivity contribution in [3.8, 4) is 0 Å². The van der Waals surface area contributed by atoms with Gasteiger partial charge in [0.15, 0.2) is 9.63 Å². The second kappa shape index (κ2) is 6.83. The lowest BCUT2D eigenvalue weighted by molar-refractivity contribution is 0.103. The molecule has 5 nitrogen and oxygen atoms in total. The molecule has 136 valence electrons. The molecule has 2 aromatic rings. The molecule has 26 heavy (non-hydrogen) atoms. The number of amidine groups is 1. The molecule has 1 amide bonds. The van der Waals surface area contributed by atoms with E-state index >= 15 is 0 Å². The molecule has 1 saturated carbocycles. The van der Waals surface area contributed by atoms with E-state index in [9.17, 15) is 9.18 Å². The number of halogens is 2. The number of anilines is 1. The van der Waals surface area contributed by atoms with E-state index in [1.54, 1.807) is 12.1 Å². The van der Waals surface area contributed by atoms with Gasteiger partial charge in [-0.25, -0.2) is 9.37 Å². The maximum atomic E-state index is 14.7. The molecule has 1 aromatic heterocycles. The van der Waals surface area contributed by atoms with Crippen molar-refractivity contribution >= 4 is 51.5 Å². The van der Waals surface area contributed by atoms with Crippen LogP contribution in [0.3, 0.4) is 0 Å². The summed E-state index contributed by atoms with van der Waals surface area (Å²) in [5, 5.41) is 3.28. The van der Waals surface area contributed by atoms with Crippen LogP contribution in [0, 0.1) is 11.7 Å². The number of hydrogen-bond acceptors (Lipinski definition) is 6. The molecule has 3 N–H and O–H groups in total. The number of carbonyl (C=O) groups excluding carboxylic acids is 1. The summed E-state index contributed by atoms with van der Waals surface area (Å²) in [6, 6.07) is 4.60. The summed E-state index contributed by atoms with van der Waals surface area (Å²) in [4.78, 5) is 21.3. The van der Waals surface area contributed by atoms with Gasteiger partial charge in [-0.1, -0.05) is 41.1 Å². The van der Waals surface area contributed by atoms with E-state index < -0.39 is 5.54 Å². The molecule has 0 spiro atoms. The highest BCUT2D eigenvalue weighted by atomic mass is 35.5. The number of fused-ring (bicyclic) bond motifs is 1. The van der Waals surface area contributed by atoms with Gasteiger partial charge in [0, 0.05) is 17.0 Å². The molecule has 0 radical (unpaired) electrons. The van der Waals surface area contributed by atoms with Crippen LogP contribution in [0.4, 0.5) is 10.1 Å². The first-order valence-electron chi connectivity index (χ1n) is 8.19. The van der Waals surface area contributed by atoms with Crippen molar-refractivity contribution in [2.75, 3.05) is 11.1 Å². The molecular weight excluding hydrogens is 395 g/mol. The van der Waals surface area contributed by atoms with Crippen molar-refractivity contribution in [1.82, 2.24) is 4.98 Å². The van der Waals surface area contributed by atoms with E-state index in [2.05, 4.69) is 15.3 Å². The number of hydrogen-bond donors (Lipinski definition) is 2. The van der Waals surface area contributed by atoms with Gasteiger partial charge in [-0.05, 0) is 37.0 Å². The third-order valence-corrected chi connectivity index (χ3v) is 6.99. The van der Waals surface area contributed by atoms with E-state index in [0.29, 0.717) is 25.8 Å². The fourth-order valence-electron chi connectivity index (χ4n) is 3.74. The lowest BCUT2D eigenvalue weighted by Crippen LogP contribution is -2.37. The molecule has 2 aliphatic rings. The Morgan fingerprint density at radius 3 is 3.08 bits per heavy atom. The minimum absolute atomic E-state index is 0.251. The number of aliphatic imine (C=N–C) groups is 1. The van der Waals surface area contributed by atoms with Crippen LogP contribution in [-0.4, -0.2) is 21.8 Å². The second-order valence-electron chi connectivity index (χ2n) is 6.40. The van der Waals surface area contributed by atoms with Crippen LogP contribution in [0.15, 0.2) is 29.4 Å². The van der Waals surface area contributed by atoms with Crippen LogP contribution in [0.25, 0.3) is 0 Å². The smallest absolute Gasteiger partial charge is 0.267 e. The maximum Gasteiger partial charge on any atom is 0.267 e. The average Bonchev–Trinajstić information content (AvgIpc) is 3.23. The molecule has 1 fully saturated rings. The molecule has 1 aliphatic carbocycles. The van der Waals surface area contributed by atoms with Crippen molar-refractivity contribution in [2.45, 2.75) is 24.8 Å². The van der Waals surface area contributed by atoms with E-state index in [0.717, 1.165) is 36.4 Å². The van der Waals surface area contributed by atoms with E-state index in [1.165, 1.54) is 24.0 Å². The van der Waals surface area contributed by atoms with Gasteiger partial charge in [-0.3, -0.25) is 9.79 Å². The summed E-state index contributed by atoms with van der Waals surface area (Å²) in [7, 11) is 0. The molecule has 0 saturated heterocycles. The van der Waals surface area contributed by atoms with Gasteiger partial charge in [0.25, 0.3) is 5.91 Å². The number of thiazole rings is 1. The molecule has 4 rings (SSSR count). The highest BCUT2D eigenvalue weighted by Gasteiger charge is 2.48. The summed E-state index contributed by atoms with van der Waals surface area (Å²) >= 11 is 8.40. The number of thioether (sulfide) groups is 1. The number of amides is 1. The van der Waals surface area contributed by atoms with Gasteiger partial charge in [0.2, 0.25) is 0 Å². The highest BCUT2D eigenvalue weighted by Crippen LogP contribution is 2.51. The lowest BCUT2D eigenvalue weighted by Gasteiger charge is -2.36. The van der Waals surface area contributed by atoms with Crippen LogP contribution < -0.4 is 11.1 Å². The van der Waals surface area contributed by atoms with Gasteiger partial charge >= 0.3 is 0 Å². The normalized spacial score (nSPS) is 24.8. The third kappa shape index (κ3) is 3.10. The average molecular weight is 411 g/mol. The van der Waals surface area contributed by atoms with E-state index in [-0.39, 0.29) is 17.6 Å². The van der Waals surface area contributed by atoms with Crippen molar-refractivity contribution in [3.05, 3.63) is 45.1 Å². The summed E-state index contributed by atoms with van der Waals surface area (Å²) in [6.07, 6.45) is 4.16. The SMILES string of the molecule is NC1=NC2(c3cc(NC(=O)c4cnc(Cl)s4)ccc3F)CCCC2CS1. The van der Waals surface area contributed by atoms with Crippen molar-refractivity contribution in [1.29, 1.82) is 0 Å². The van der Waals surface area contributed by atoms with Crippen molar-refractivity contribution < 1.29 is 9.18 Å². The number of nitrogens with two attached hydrogens (primary N) is 1. The van der Waals surface area contributed by atoms with Crippen LogP contribution in [0.5, 0.6) is 0 Å². The number of aromatic nitrogens is 1. The van der Waals surface area contributed by atoms with E-state index in [4.69, 9.17) is 17.3 Å². The fraction of sp³-hybridized carbons (Fsp3) is 0.353. The Hall–Kier alpha value is -1.64. The molecule has 0 bridgehead atoms. The molecule has 1 aromatic carbocycles. The van der Waals surface area contributed by atoms with Crippen LogP contribution >= 0.6 is 34.7 Å². The van der Waals surface area contributed by atoms with Crippen molar-refractivity contribution in [2.24, 2.45) is 16.6 Å². The van der Waals surface area contributed by atoms with Crippen LogP contribution in [0.1, 0.15) is 34.5 Å². The molecule has 9 heteroatoms. The highest BCUT2D eigenvalue weighted by molar-refractivity contribution is 8.13. The standard InChI is InChI=1S/C17H16ClFN4OS2/c18-15-21-7-13(26-15)14(24)22-10-3-4-12(19)11(6-10)17-5-1-2-9(17)8-25-16(20)23-17/h3-4,6-7,9H,1-2,5,8H2,(H2,20,23)(H,22,24). The minimum atomic E-state index is -0.631. The minimum Gasteiger partial charge on any atom is -0.379 e. The fourth-order valence-corrected chi connectivity index (χ4v) is 5.62. The Morgan fingerprint density at radius 1 is 1.46 bits per heavy atom. The zero-order valence-electron chi connectivity index (χ0n) is 13.7. The van der Waals surface area contributed by atoms with Gasteiger partial charge in [0.1, 0.15) is 10.7 Å². The summed E-state index contributed by atoms with van der Waals surface area (Å²) in [5.74, 6) is 0.444. The van der Waals surface area contributed by atoms with Gasteiger partial charge in [0.05, 0.1) is 11.7 Å². The Bertz CT molecular complexity index is 903. The molecular formula is C17H16ClFN4OS2. The number of nitrogens with zero attached hydrogens (tertiary/aromatic N) is 2. The first-order valence-corrected chi connectivity index (χ1v) is 10.4. The van der Waals surface area contributed by atoms with Crippen LogP contribution in [0.2, 0.25) is 4.47 Å². The predicted molar refractivity (Wildman–Crippen MR) is 105 cm³/mol. The Labute approximate surface area is 163 Å². The number of carbonyl (C=O) groups is 1. The molecule has 2 heterocycles. The first-order chi connectivity index (χ1) is 12.5. The van der Waals surface area contributed by atoms with Crippen molar-refractivity contribution in [3.63, 3.8) is 0 Å². The number of rotatable bonds is 3. The number of nitrogens with one attached hydrogen (secondary N) is 1. The Kier molecular flexibility index (Phi) is 4.66. The Balaban J connectivity index is 1.68. The van der Waals surface area contributed by atoms with E-state index in [1.807, 2.05) is 0 Å². The third-order valence-electron chi connectivity index (χ3n) is 4.92. The number of benzene rings is 1.